The quantitative estimate of drug-likeness (QED) is 0.376. The predicted molar refractivity (Wildman–Crippen MR) is 58.6 cm³/mol. The molecule has 18 heavy (non-hydrogen) atoms. The predicted octanol–water partition coefficient (Wildman–Crippen LogP) is -0.119. The lowest BCUT2D eigenvalue weighted by Gasteiger charge is -2.23. The molecule has 98 valence electrons. The van der Waals surface area contributed by atoms with Crippen molar-refractivity contribution >= 4 is 11.6 Å². The van der Waals surface area contributed by atoms with E-state index in [-0.39, 0.29) is 41.8 Å². The van der Waals surface area contributed by atoms with Crippen molar-refractivity contribution in [2.24, 2.45) is 0 Å². The first-order valence-electron chi connectivity index (χ1n) is 5.12. The third-order valence-corrected chi connectivity index (χ3v) is 2.46. The Bertz CT molecular complexity index is 464. The minimum absolute atomic E-state index is 0.0338. The van der Waals surface area contributed by atoms with E-state index in [1.165, 1.54) is 12.1 Å². The van der Waals surface area contributed by atoms with Gasteiger partial charge in [-0.15, -0.1) is 0 Å². The number of amides is 1. The lowest BCUT2D eigenvalue weighted by atomic mass is 10.1. The molecule has 1 aromatic rings. The standard InChI is InChI=1S/C10H12N2O6/c13-8(3-11-15)6-1-5(18-16)2-7-10(6)17-4-9(14)12-7/h1-2,8,11,13,15-16H,3-4H2,(H,12,14)/t8-/m0/s1. The summed E-state index contributed by atoms with van der Waals surface area (Å²) < 4.78 is 5.22. The van der Waals surface area contributed by atoms with Crippen LogP contribution in [0.2, 0.25) is 0 Å². The van der Waals surface area contributed by atoms with Crippen LogP contribution in [0.15, 0.2) is 12.1 Å². The minimum atomic E-state index is -1.09. The van der Waals surface area contributed by atoms with Gasteiger partial charge in [-0.25, -0.2) is 10.7 Å². The third-order valence-electron chi connectivity index (χ3n) is 2.46. The molecule has 1 amide bonds. The number of aliphatic hydroxyl groups is 1. The number of anilines is 1. The van der Waals surface area contributed by atoms with Gasteiger partial charge in [0.2, 0.25) is 0 Å². The molecule has 8 heteroatoms. The van der Waals surface area contributed by atoms with Crippen LogP contribution >= 0.6 is 0 Å². The Kier molecular flexibility index (Phi) is 3.63. The van der Waals surface area contributed by atoms with Gasteiger partial charge in [0.15, 0.2) is 12.4 Å². The molecular weight excluding hydrogens is 244 g/mol. The van der Waals surface area contributed by atoms with Gasteiger partial charge in [-0.05, 0) is 6.07 Å². The Labute approximate surface area is 102 Å². The second-order valence-electron chi connectivity index (χ2n) is 3.70. The van der Waals surface area contributed by atoms with Gasteiger partial charge in [0, 0.05) is 11.6 Å². The maximum atomic E-state index is 11.2. The van der Waals surface area contributed by atoms with Crippen LogP contribution in [0, 0.1) is 0 Å². The number of hydrogen-bond acceptors (Lipinski definition) is 7. The Morgan fingerprint density at radius 1 is 1.56 bits per heavy atom. The van der Waals surface area contributed by atoms with Crippen molar-refractivity contribution in [2.45, 2.75) is 6.10 Å². The van der Waals surface area contributed by atoms with Crippen molar-refractivity contribution in [3.8, 4) is 11.5 Å². The zero-order valence-electron chi connectivity index (χ0n) is 9.21. The summed E-state index contributed by atoms with van der Waals surface area (Å²) in [6.07, 6.45) is -1.09. The fourth-order valence-electron chi connectivity index (χ4n) is 1.70. The van der Waals surface area contributed by atoms with Crippen molar-refractivity contribution in [3.05, 3.63) is 17.7 Å². The van der Waals surface area contributed by atoms with E-state index in [2.05, 4.69) is 10.2 Å². The van der Waals surface area contributed by atoms with Crippen LogP contribution in [0.4, 0.5) is 5.69 Å². The van der Waals surface area contributed by atoms with Crippen molar-refractivity contribution in [3.63, 3.8) is 0 Å². The highest BCUT2D eigenvalue weighted by atomic mass is 17.1. The second kappa shape index (κ2) is 5.19. The molecule has 0 saturated carbocycles. The highest BCUT2D eigenvalue weighted by molar-refractivity contribution is 5.96. The maximum absolute atomic E-state index is 11.2. The van der Waals surface area contributed by atoms with Crippen molar-refractivity contribution in [1.82, 2.24) is 5.48 Å². The van der Waals surface area contributed by atoms with E-state index in [0.29, 0.717) is 0 Å². The van der Waals surface area contributed by atoms with Crippen LogP contribution in [0.5, 0.6) is 11.5 Å². The van der Waals surface area contributed by atoms with Gasteiger partial charge in [-0.1, -0.05) is 0 Å². The zero-order chi connectivity index (χ0) is 13.1. The molecule has 0 fully saturated rings. The number of rotatable bonds is 4. The monoisotopic (exact) mass is 256 g/mol. The number of fused-ring (bicyclic) bond motifs is 1. The first kappa shape index (κ1) is 12.6. The molecular formula is C10H12N2O6. The minimum Gasteiger partial charge on any atom is -0.481 e. The summed E-state index contributed by atoms with van der Waals surface area (Å²) in [5, 5.41) is 29.5. The summed E-state index contributed by atoms with van der Waals surface area (Å²) >= 11 is 0. The van der Waals surface area contributed by atoms with Gasteiger partial charge in [0.05, 0.1) is 18.3 Å². The lowest BCUT2D eigenvalue weighted by Crippen LogP contribution is -2.27. The summed E-state index contributed by atoms with van der Waals surface area (Å²) in [6.45, 7) is -0.308. The molecule has 0 saturated heterocycles. The average Bonchev–Trinajstić information content (AvgIpc) is 2.37. The first-order valence-corrected chi connectivity index (χ1v) is 5.12. The molecule has 1 aliphatic heterocycles. The lowest BCUT2D eigenvalue weighted by molar-refractivity contribution is -0.137. The van der Waals surface area contributed by atoms with E-state index >= 15 is 0 Å². The molecule has 0 unspecified atom stereocenters. The number of aliphatic hydroxyl groups excluding tert-OH is 1. The highest BCUT2D eigenvalue weighted by Gasteiger charge is 2.24. The molecule has 1 aliphatic rings. The van der Waals surface area contributed by atoms with Crippen molar-refractivity contribution < 1.29 is 30.0 Å². The Morgan fingerprint density at radius 2 is 2.33 bits per heavy atom. The average molecular weight is 256 g/mol. The van der Waals surface area contributed by atoms with Crippen LogP contribution in [0.25, 0.3) is 0 Å². The molecule has 0 aliphatic carbocycles. The summed E-state index contributed by atoms with van der Waals surface area (Å²) in [5.41, 5.74) is 2.38. The first-order chi connectivity index (χ1) is 8.65. The molecule has 0 bridgehead atoms. The summed E-state index contributed by atoms with van der Waals surface area (Å²) in [7, 11) is 0. The van der Waals surface area contributed by atoms with Gasteiger partial charge >= 0.3 is 0 Å². The molecule has 1 aromatic carbocycles. The fraction of sp³-hybridized carbons (Fsp3) is 0.300. The number of nitrogens with one attached hydrogen (secondary N) is 2. The number of hydrogen-bond donors (Lipinski definition) is 5. The van der Waals surface area contributed by atoms with Gasteiger partial charge in [-0.2, -0.15) is 0 Å². The van der Waals surface area contributed by atoms with E-state index in [0.717, 1.165) is 0 Å². The number of hydroxylamine groups is 1. The van der Waals surface area contributed by atoms with Crippen LogP contribution in [-0.2, 0) is 4.79 Å². The zero-order valence-corrected chi connectivity index (χ0v) is 9.21. The third kappa shape index (κ3) is 2.36. The Balaban J connectivity index is 2.44. The Hall–Kier alpha value is -1.87. The van der Waals surface area contributed by atoms with Crippen LogP contribution in [0.3, 0.4) is 0 Å². The number of ether oxygens (including phenoxy) is 1. The van der Waals surface area contributed by atoms with Gasteiger partial charge in [-0.3, -0.25) is 4.79 Å². The van der Waals surface area contributed by atoms with E-state index in [4.69, 9.17) is 15.2 Å². The van der Waals surface area contributed by atoms with Gasteiger partial charge in [0.25, 0.3) is 5.91 Å². The number of carbonyl (C=O) groups excluding carboxylic acids is 1. The van der Waals surface area contributed by atoms with Crippen LogP contribution < -0.4 is 20.4 Å². The van der Waals surface area contributed by atoms with Crippen molar-refractivity contribution in [1.29, 1.82) is 0 Å². The molecule has 0 spiro atoms. The van der Waals surface area contributed by atoms with E-state index < -0.39 is 6.10 Å². The van der Waals surface area contributed by atoms with Gasteiger partial charge in [0.1, 0.15) is 5.75 Å². The SMILES string of the molecule is O=C1COc2c(cc(OO)cc2[C@@H](O)CNO)N1. The fourth-order valence-corrected chi connectivity index (χ4v) is 1.70. The van der Waals surface area contributed by atoms with Crippen molar-refractivity contribution in [2.75, 3.05) is 18.5 Å². The summed E-state index contributed by atoms with van der Waals surface area (Å²) in [4.78, 5) is 15.3. The largest absolute Gasteiger partial charge is 0.481 e. The van der Waals surface area contributed by atoms with E-state index in [9.17, 15) is 9.90 Å². The normalized spacial score (nSPS) is 15.4. The molecule has 1 heterocycles. The van der Waals surface area contributed by atoms with E-state index in [1.54, 1.807) is 0 Å². The molecule has 8 nitrogen and oxygen atoms in total. The topological polar surface area (TPSA) is 120 Å². The summed E-state index contributed by atoms with van der Waals surface area (Å²) in [6, 6.07) is 2.70. The van der Waals surface area contributed by atoms with Crippen LogP contribution in [0.1, 0.15) is 11.7 Å². The van der Waals surface area contributed by atoms with E-state index in [1.807, 2.05) is 5.48 Å². The Morgan fingerprint density at radius 3 is 3.00 bits per heavy atom. The molecule has 0 aromatic heterocycles. The maximum Gasteiger partial charge on any atom is 0.262 e. The smallest absolute Gasteiger partial charge is 0.262 e. The molecule has 1 atom stereocenters. The molecule has 0 radical (unpaired) electrons. The molecule has 5 N–H and O–H groups in total. The highest BCUT2D eigenvalue weighted by Crippen LogP contribution is 2.38. The molecule has 2 rings (SSSR count). The van der Waals surface area contributed by atoms with Gasteiger partial charge < -0.3 is 25.3 Å². The van der Waals surface area contributed by atoms with Crippen LogP contribution in [-0.4, -0.2) is 34.6 Å². The summed E-state index contributed by atoms with van der Waals surface area (Å²) in [5.74, 6) is -0.0389. The number of carbonyl (C=O) groups is 1. The number of benzene rings is 1. The second-order valence-corrected chi connectivity index (χ2v) is 3.70.